The van der Waals surface area contributed by atoms with E-state index in [9.17, 15) is 19.1 Å². The van der Waals surface area contributed by atoms with Gasteiger partial charge in [0.15, 0.2) is 5.82 Å². The summed E-state index contributed by atoms with van der Waals surface area (Å²) in [7, 11) is 1.61. The van der Waals surface area contributed by atoms with Crippen LogP contribution in [0, 0.1) is 17.6 Å². The van der Waals surface area contributed by atoms with Crippen molar-refractivity contribution < 1.29 is 23.5 Å². The third-order valence-electron chi connectivity index (χ3n) is 7.64. The zero-order valence-corrected chi connectivity index (χ0v) is 22.1. The molecule has 3 aromatic rings. The summed E-state index contributed by atoms with van der Waals surface area (Å²) >= 11 is 6.57. The lowest BCUT2D eigenvalue weighted by atomic mass is 9.86. The molecule has 2 aliphatic rings. The van der Waals surface area contributed by atoms with Gasteiger partial charge in [0.2, 0.25) is 5.91 Å². The summed E-state index contributed by atoms with van der Waals surface area (Å²) in [6.07, 6.45) is 2.65. The molecule has 7 nitrogen and oxygen atoms in total. The number of hydrogen-bond donors (Lipinski definition) is 1. The van der Waals surface area contributed by atoms with Crippen molar-refractivity contribution in [1.82, 2.24) is 9.88 Å². The number of anilines is 2. The van der Waals surface area contributed by atoms with Gasteiger partial charge in [-0.3, -0.25) is 14.6 Å². The predicted octanol–water partition coefficient (Wildman–Crippen LogP) is 5.13. The average molecular weight is 541 g/mol. The van der Waals surface area contributed by atoms with E-state index in [1.54, 1.807) is 11.9 Å². The van der Waals surface area contributed by atoms with Gasteiger partial charge < -0.3 is 19.8 Å². The first kappa shape index (κ1) is 25.9. The number of pyridine rings is 1. The average Bonchev–Trinajstić information content (AvgIpc) is 2.87. The molecule has 0 radical (unpaired) electrons. The summed E-state index contributed by atoms with van der Waals surface area (Å²) in [6, 6.07) is 3.84. The molecule has 0 saturated carbocycles. The van der Waals surface area contributed by atoms with Crippen LogP contribution in [0.4, 0.5) is 20.2 Å². The fourth-order valence-corrected chi connectivity index (χ4v) is 6.23. The fourth-order valence-electron chi connectivity index (χ4n) is 5.94. The van der Waals surface area contributed by atoms with E-state index in [0.29, 0.717) is 16.8 Å². The number of piperazine rings is 1. The van der Waals surface area contributed by atoms with Crippen LogP contribution in [0.15, 0.2) is 43.1 Å². The number of hydrogen-bond acceptors (Lipinski definition) is 5. The highest BCUT2D eigenvalue weighted by Crippen LogP contribution is 2.48. The van der Waals surface area contributed by atoms with Gasteiger partial charge in [-0.15, -0.1) is 0 Å². The second-order valence-electron chi connectivity index (χ2n) is 10.1. The highest BCUT2D eigenvalue weighted by molar-refractivity contribution is 6.34. The number of phenolic OH excluding ortho intramolecular Hbond substituents is 1. The van der Waals surface area contributed by atoms with E-state index in [0.717, 1.165) is 6.07 Å². The van der Waals surface area contributed by atoms with E-state index in [-0.39, 0.29) is 58.0 Å². The highest BCUT2D eigenvalue weighted by atomic mass is 35.5. The molecular formula is C28H27ClF2N4O3. The maximum absolute atomic E-state index is 16.1. The Kier molecular flexibility index (Phi) is 6.30. The SMILES string of the molecule is C=CC(=O)N1C[C@@H]2C(=O)N(C)c3cnc4c(F)c(-c5c(O)cccc5F)c(Cl)cc4c3N2C(C(C)C)[C@H]1C. The number of carbonyl (C=O) groups excluding carboxylic acids is 2. The lowest BCUT2D eigenvalue weighted by Crippen LogP contribution is -2.70. The first-order valence-electron chi connectivity index (χ1n) is 12.3. The Labute approximate surface area is 223 Å². The quantitative estimate of drug-likeness (QED) is 0.466. The summed E-state index contributed by atoms with van der Waals surface area (Å²) in [5, 5.41) is 10.5. The van der Waals surface area contributed by atoms with Crippen molar-refractivity contribution in [2.24, 2.45) is 5.92 Å². The molecule has 10 heteroatoms. The van der Waals surface area contributed by atoms with Crippen molar-refractivity contribution in [3.8, 4) is 16.9 Å². The van der Waals surface area contributed by atoms with Gasteiger partial charge in [0.1, 0.15) is 23.1 Å². The lowest BCUT2D eigenvalue weighted by Gasteiger charge is -2.55. The summed E-state index contributed by atoms with van der Waals surface area (Å²) < 4.78 is 30.8. The van der Waals surface area contributed by atoms with Crippen LogP contribution in [-0.4, -0.2) is 58.5 Å². The predicted molar refractivity (Wildman–Crippen MR) is 143 cm³/mol. The molecule has 0 spiro atoms. The first-order chi connectivity index (χ1) is 18.0. The molecule has 2 aromatic carbocycles. The van der Waals surface area contributed by atoms with Crippen molar-refractivity contribution in [3.05, 3.63) is 59.8 Å². The summed E-state index contributed by atoms with van der Waals surface area (Å²) in [5.74, 6) is -2.67. The van der Waals surface area contributed by atoms with Gasteiger partial charge >= 0.3 is 0 Å². The molecule has 1 fully saturated rings. The third kappa shape index (κ3) is 3.63. The number of fused-ring (bicyclic) bond motifs is 5. The van der Waals surface area contributed by atoms with Crippen LogP contribution in [0.3, 0.4) is 0 Å². The molecule has 0 bridgehead atoms. The number of rotatable bonds is 3. The monoisotopic (exact) mass is 540 g/mol. The van der Waals surface area contributed by atoms with Gasteiger partial charge in [-0.2, -0.15) is 0 Å². The Morgan fingerprint density at radius 2 is 2.00 bits per heavy atom. The highest BCUT2D eigenvalue weighted by Gasteiger charge is 2.50. The molecule has 38 heavy (non-hydrogen) atoms. The van der Waals surface area contributed by atoms with Crippen molar-refractivity contribution in [3.63, 3.8) is 0 Å². The van der Waals surface area contributed by atoms with Gasteiger partial charge in [0, 0.05) is 24.0 Å². The van der Waals surface area contributed by atoms with E-state index in [1.165, 1.54) is 35.4 Å². The summed E-state index contributed by atoms with van der Waals surface area (Å²) in [4.78, 5) is 35.6. The summed E-state index contributed by atoms with van der Waals surface area (Å²) in [6.45, 7) is 9.65. The van der Waals surface area contributed by atoms with Crippen LogP contribution in [0.2, 0.25) is 5.02 Å². The molecule has 5 rings (SSSR count). The Bertz CT molecular complexity index is 1490. The van der Waals surface area contributed by atoms with Gasteiger partial charge in [0.25, 0.3) is 5.91 Å². The second-order valence-corrected chi connectivity index (χ2v) is 10.5. The zero-order chi connectivity index (χ0) is 27.6. The largest absolute Gasteiger partial charge is 0.507 e. The van der Waals surface area contributed by atoms with Crippen LogP contribution in [0.25, 0.3) is 22.0 Å². The van der Waals surface area contributed by atoms with E-state index in [2.05, 4.69) is 11.6 Å². The van der Waals surface area contributed by atoms with Crippen molar-refractivity contribution >= 4 is 45.7 Å². The normalized spacial score (nSPS) is 21.1. The van der Waals surface area contributed by atoms with Crippen LogP contribution >= 0.6 is 11.6 Å². The molecule has 2 aliphatic heterocycles. The maximum Gasteiger partial charge on any atom is 0.251 e. The molecule has 1 aromatic heterocycles. The second kappa shape index (κ2) is 9.23. The number of aromatic nitrogens is 1. The number of aromatic hydroxyl groups is 1. The van der Waals surface area contributed by atoms with Gasteiger partial charge in [-0.25, -0.2) is 8.78 Å². The topological polar surface area (TPSA) is 77.0 Å². The lowest BCUT2D eigenvalue weighted by molar-refractivity contribution is -0.132. The molecule has 1 unspecified atom stereocenters. The number of halogens is 3. The maximum atomic E-state index is 16.1. The van der Waals surface area contributed by atoms with Crippen molar-refractivity contribution in [2.45, 2.75) is 38.9 Å². The number of carbonyl (C=O) groups is 2. The smallest absolute Gasteiger partial charge is 0.251 e. The number of nitrogens with zero attached hydrogens (tertiary/aromatic N) is 4. The Balaban J connectivity index is 1.80. The first-order valence-corrected chi connectivity index (χ1v) is 12.6. The third-order valence-corrected chi connectivity index (χ3v) is 7.93. The number of phenols is 1. The number of amides is 2. The zero-order valence-electron chi connectivity index (χ0n) is 21.4. The minimum Gasteiger partial charge on any atom is -0.507 e. The molecule has 1 N–H and O–H groups in total. The molecule has 0 aliphatic carbocycles. The van der Waals surface area contributed by atoms with Crippen molar-refractivity contribution in [1.29, 1.82) is 0 Å². The van der Waals surface area contributed by atoms with E-state index >= 15 is 4.39 Å². The minimum atomic E-state index is -0.888. The van der Waals surface area contributed by atoms with E-state index in [1.807, 2.05) is 25.7 Å². The van der Waals surface area contributed by atoms with Crippen LogP contribution < -0.4 is 9.80 Å². The number of benzene rings is 2. The van der Waals surface area contributed by atoms with Crippen molar-refractivity contribution in [2.75, 3.05) is 23.4 Å². The van der Waals surface area contributed by atoms with Crippen LogP contribution in [0.5, 0.6) is 5.75 Å². The molecule has 3 atom stereocenters. The Morgan fingerprint density at radius 3 is 2.63 bits per heavy atom. The number of likely N-dealkylation sites (N-methyl/N-ethyl adjacent to an activating group) is 1. The Morgan fingerprint density at radius 1 is 1.29 bits per heavy atom. The Hall–Kier alpha value is -3.72. The molecule has 2 amide bonds. The van der Waals surface area contributed by atoms with Crippen LogP contribution in [-0.2, 0) is 9.59 Å². The molecule has 3 heterocycles. The van der Waals surface area contributed by atoms with Gasteiger partial charge in [0.05, 0.1) is 40.7 Å². The van der Waals surface area contributed by atoms with Gasteiger partial charge in [-0.1, -0.05) is 38.1 Å². The fraction of sp³-hybridized carbons (Fsp3) is 0.321. The molecule has 1 saturated heterocycles. The van der Waals surface area contributed by atoms with Crippen LogP contribution in [0.1, 0.15) is 20.8 Å². The van der Waals surface area contributed by atoms with E-state index < -0.39 is 23.4 Å². The standard InChI is InChI=1S/C28H27ClF2N4O3/c1-6-21(37)34-12-19-28(38)33(5)18-11-32-25-15(27(18)35(19)26(13(2)3)14(34)4)10-16(29)22(24(25)31)23-17(30)8-7-9-20(23)36/h6-11,13-14,19,26,36H,1,12H2,2-5H3/t14-,19-,26?/m1/s1. The van der Waals surface area contributed by atoms with Gasteiger partial charge in [-0.05, 0) is 37.1 Å². The summed E-state index contributed by atoms with van der Waals surface area (Å²) in [5.41, 5.74) is 0.300. The minimum absolute atomic E-state index is 0.00450. The molecular weight excluding hydrogens is 514 g/mol. The van der Waals surface area contributed by atoms with E-state index in [4.69, 9.17) is 11.6 Å². The molecule has 198 valence electrons.